The van der Waals surface area contributed by atoms with Gasteiger partial charge in [0.05, 0.1) is 18.9 Å². The maximum atomic E-state index is 14.0. The second kappa shape index (κ2) is 10.6. The summed E-state index contributed by atoms with van der Waals surface area (Å²) in [6, 6.07) is 11.2. The van der Waals surface area contributed by atoms with Crippen LogP contribution in [0.2, 0.25) is 0 Å². The molecular weight excluding hydrogens is 387 g/mol. The van der Waals surface area contributed by atoms with Gasteiger partial charge in [0.2, 0.25) is 0 Å². The Hall–Kier alpha value is -3.06. The van der Waals surface area contributed by atoms with Gasteiger partial charge < -0.3 is 24.4 Å². The second-order valence-electron chi connectivity index (χ2n) is 7.01. The number of carbonyl (C=O) groups is 1. The smallest absolute Gasteiger partial charge is 0.322 e. The van der Waals surface area contributed by atoms with Gasteiger partial charge in [0.15, 0.2) is 11.5 Å². The summed E-state index contributed by atoms with van der Waals surface area (Å²) >= 11 is 0. The Kier molecular flexibility index (Phi) is 7.68. The van der Waals surface area contributed by atoms with Gasteiger partial charge in [0, 0.05) is 19.7 Å². The molecule has 0 unspecified atom stereocenters. The van der Waals surface area contributed by atoms with E-state index in [0.29, 0.717) is 37.8 Å². The molecule has 1 saturated heterocycles. The summed E-state index contributed by atoms with van der Waals surface area (Å²) in [5, 5.41) is 2.66. The SMILES string of the molecule is C=CCOc1ccc(CN(C[C@H]2CCCO2)C(=O)Nc2ccccc2F)cc1OC. The van der Waals surface area contributed by atoms with E-state index in [0.717, 1.165) is 18.4 Å². The molecule has 1 N–H and O–H groups in total. The van der Waals surface area contributed by atoms with Crippen LogP contribution in [-0.4, -0.2) is 43.9 Å². The average molecular weight is 414 g/mol. The van der Waals surface area contributed by atoms with Crippen LogP contribution in [0.5, 0.6) is 11.5 Å². The van der Waals surface area contributed by atoms with Gasteiger partial charge in [-0.1, -0.05) is 30.9 Å². The standard InChI is InChI=1S/C23H27FN2O4/c1-3-12-30-21-11-10-17(14-22(21)28-2)15-26(16-18-7-6-13-29-18)23(27)25-20-9-5-4-8-19(20)24/h3-5,8-11,14,18H,1,6-7,12-13,15-16H2,2H3,(H,25,27)/t18-/m1/s1. The molecule has 0 aromatic heterocycles. The van der Waals surface area contributed by atoms with Crippen LogP contribution in [0.15, 0.2) is 55.1 Å². The third kappa shape index (κ3) is 5.73. The van der Waals surface area contributed by atoms with E-state index in [-0.39, 0.29) is 17.8 Å². The van der Waals surface area contributed by atoms with Crippen LogP contribution in [-0.2, 0) is 11.3 Å². The molecule has 0 spiro atoms. The maximum absolute atomic E-state index is 14.0. The number of hydrogen-bond donors (Lipinski definition) is 1. The predicted octanol–water partition coefficient (Wildman–Crippen LogP) is 4.61. The number of methoxy groups -OCH3 is 1. The van der Waals surface area contributed by atoms with Crippen LogP contribution in [0.1, 0.15) is 18.4 Å². The van der Waals surface area contributed by atoms with Crippen LogP contribution >= 0.6 is 0 Å². The van der Waals surface area contributed by atoms with Crippen molar-refractivity contribution in [2.45, 2.75) is 25.5 Å². The van der Waals surface area contributed by atoms with Crippen LogP contribution in [0.4, 0.5) is 14.9 Å². The Morgan fingerprint density at radius 2 is 2.17 bits per heavy atom. The van der Waals surface area contributed by atoms with Crippen molar-refractivity contribution in [2.75, 3.05) is 32.2 Å². The zero-order valence-electron chi connectivity index (χ0n) is 17.1. The first-order chi connectivity index (χ1) is 14.6. The highest BCUT2D eigenvalue weighted by Gasteiger charge is 2.24. The van der Waals surface area contributed by atoms with E-state index in [4.69, 9.17) is 14.2 Å². The summed E-state index contributed by atoms with van der Waals surface area (Å²) in [5.41, 5.74) is 1.00. The topological polar surface area (TPSA) is 60.0 Å². The van der Waals surface area contributed by atoms with E-state index in [9.17, 15) is 9.18 Å². The molecule has 2 aromatic rings. The number of amides is 2. The van der Waals surface area contributed by atoms with Crippen molar-refractivity contribution in [3.8, 4) is 11.5 Å². The average Bonchev–Trinajstić information content (AvgIpc) is 3.27. The Bertz CT molecular complexity index is 868. The third-order valence-corrected chi connectivity index (χ3v) is 4.81. The lowest BCUT2D eigenvalue weighted by Crippen LogP contribution is -2.39. The number of halogens is 1. The number of hydrogen-bond acceptors (Lipinski definition) is 4. The number of para-hydroxylation sites is 1. The number of nitrogens with zero attached hydrogens (tertiary/aromatic N) is 1. The highest BCUT2D eigenvalue weighted by atomic mass is 19.1. The van der Waals surface area contributed by atoms with E-state index in [1.165, 1.54) is 12.1 Å². The molecule has 0 bridgehead atoms. The van der Waals surface area contributed by atoms with Crippen molar-refractivity contribution in [1.29, 1.82) is 0 Å². The molecule has 1 atom stereocenters. The van der Waals surface area contributed by atoms with E-state index in [1.54, 1.807) is 36.3 Å². The van der Waals surface area contributed by atoms with Crippen LogP contribution in [0, 0.1) is 5.82 Å². The maximum Gasteiger partial charge on any atom is 0.322 e. The highest BCUT2D eigenvalue weighted by molar-refractivity contribution is 5.89. The van der Waals surface area contributed by atoms with Gasteiger partial charge in [0.25, 0.3) is 0 Å². The zero-order chi connectivity index (χ0) is 21.3. The normalized spacial score (nSPS) is 15.5. The summed E-state index contributed by atoms with van der Waals surface area (Å²) in [5.74, 6) is 0.692. The van der Waals surface area contributed by atoms with E-state index in [1.807, 2.05) is 12.1 Å². The van der Waals surface area contributed by atoms with Gasteiger partial charge in [-0.25, -0.2) is 9.18 Å². The molecule has 2 aromatic carbocycles. The Morgan fingerprint density at radius 3 is 2.87 bits per heavy atom. The Balaban J connectivity index is 1.77. The molecule has 1 fully saturated rings. The monoisotopic (exact) mass is 414 g/mol. The minimum absolute atomic E-state index is 0.0338. The number of rotatable bonds is 9. The summed E-state index contributed by atoms with van der Waals surface area (Å²) in [6.07, 6.45) is 3.48. The molecule has 1 aliphatic rings. The van der Waals surface area contributed by atoms with Gasteiger partial charge in [-0.15, -0.1) is 0 Å². The van der Waals surface area contributed by atoms with Gasteiger partial charge in [0.1, 0.15) is 12.4 Å². The lowest BCUT2D eigenvalue weighted by atomic mass is 10.1. The fourth-order valence-corrected chi connectivity index (χ4v) is 3.31. The van der Waals surface area contributed by atoms with Gasteiger partial charge in [-0.3, -0.25) is 0 Å². The Labute approximate surface area is 176 Å². The number of anilines is 1. The zero-order valence-corrected chi connectivity index (χ0v) is 17.1. The van der Waals surface area contributed by atoms with Crippen molar-refractivity contribution in [2.24, 2.45) is 0 Å². The molecule has 30 heavy (non-hydrogen) atoms. The van der Waals surface area contributed by atoms with Crippen LogP contribution in [0.3, 0.4) is 0 Å². The molecule has 3 rings (SSSR count). The Morgan fingerprint density at radius 1 is 1.33 bits per heavy atom. The lowest BCUT2D eigenvalue weighted by molar-refractivity contribution is 0.0819. The molecular formula is C23H27FN2O4. The van der Waals surface area contributed by atoms with E-state index < -0.39 is 5.82 Å². The number of urea groups is 1. The fourth-order valence-electron chi connectivity index (χ4n) is 3.31. The van der Waals surface area contributed by atoms with Gasteiger partial charge in [-0.05, 0) is 42.7 Å². The quantitative estimate of drug-likeness (QED) is 0.609. The number of ether oxygens (including phenoxy) is 3. The lowest BCUT2D eigenvalue weighted by Gasteiger charge is -2.26. The molecule has 2 amide bonds. The summed E-state index contributed by atoms with van der Waals surface area (Å²) in [4.78, 5) is 14.6. The summed E-state index contributed by atoms with van der Waals surface area (Å²) in [6.45, 7) is 5.43. The molecule has 0 saturated carbocycles. The predicted molar refractivity (Wildman–Crippen MR) is 113 cm³/mol. The first-order valence-electron chi connectivity index (χ1n) is 9.93. The minimum Gasteiger partial charge on any atom is -0.493 e. The molecule has 0 radical (unpaired) electrons. The van der Waals surface area contributed by atoms with Crippen LogP contribution in [0.25, 0.3) is 0 Å². The highest BCUT2D eigenvalue weighted by Crippen LogP contribution is 2.29. The van der Waals surface area contributed by atoms with Crippen molar-refractivity contribution in [3.63, 3.8) is 0 Å². The fraction of sp³-hybridized carbons (Fsp3) is 0.348. The van der Waals surface area contributed by atoms with E-state index in [2.05, 4.69) is 11.9 Å². The summed E-state index contributed by atoms with van der Waals surface area (Å²) < 4.78 is 30.7. The molecule has 0 aliphatic carbocycles. The number of benzene rings is 2. The van der Waals surface area contributed by atoms with E-state index >= 15 is 0 Å². The van der Waals surface area contributed by atoms with Crippen molar-refractivity contribution < 1.29 is 23.4 Å². The van der Waals surface area contributed by atoms with Crippen molar-refractivity contribution in [1.82, 2.24) is 4.90 Å². The van der Waals surface area contributed by atoms with Crippen molar-refractivity contribution in [3.05, 3.63) is 66.5 Å². The minimum atomic E-state index is -0.478. The molecule has 160 valence electrons. The molecule has 1 aliphatic heterocycles. The molecule has 1 heterocycles. The summed E-state index contributed by atoms with van der Waals surface area (Å²) in [7, 11) is 1.56. The number of nitrogens with one attached hydrogen (secondary N) is 1. The molecule has 7 heteroatoms. The van der Waals surface area contributed by atoms with Gasteiger partial charge in [-0.2, -0.15) is 0 Å². The second-order valence-corrected chi connectivity index (χ2v) is 7.01. The first kappa shape index (κ1) is 21.6. The van der Waals surface area contributed by atoms with Crippen LogP contribution < -0.4 is 14.8 Å². The molecule has 6 nitrogen and oxygen atoms in total. The first-order valence-corrected chi connectivity index (χ1v) is 9.93. The number of carbonyl (C=O) groups excluding carboxylic acids is 1. The largest absolute Gasteiger partial charge is 0.493 e. The van der Waals surface area contributed by atoms with Gasteiger partial charge >= 0.3 is 6.03 Å². The van der Waals surface area contributed by atoms with Crippen molar-refractivity contribution >= 4 is 11.7 Å². The third-order valence-electron chi connectivity index (χ3n) is 4.81.